The Hall–Kier alpha value is -3.04. The van der Waals surface area contributed by atoms with E-state index in [-0.39, 0.29) is 6.42 Å². The van der Waals surface area contributed by atoms with Gasteiger partial charge in [-0.15, -0.1) is 0 Å². The van der Waals surface area contributed by atoms with Gasteiger partial charge in [-0.05, 0) is 37.5 Å². The summed E-state index contributed by atoms with van der Waals surface area (Å²) >= 11 is 0. The number of nitrogens with one attached hydrogen (secondary N) is 1. The Balaban J connectivity index is 1.91. The number of hydrogen-bond acceptors (Lipinski definition) is 4. The largest absolute Gasteiger partial charge is 0.511 e. The third kappa shape index (κ3) is 3.79. The molecule has 3 N–H and O–H groups in total. The molecule has 1 unspecified atom stereocenters. The lowest BCUT2D eigenvalue weighted by molar-refractivity contribution is -0.140. The minimum atomic E-state index is -4.48. The van der Waals surface area contributed by atoms with E-state index >= 15 is 0 Å². The van der Waals surface area contributed by atoms with Gasteiger partial charge in [-0.3, -0.25) is 14.4 Å². The number of carboxylic acid groups (broad SMARTS) is 1. The molecule has 1 atom stereocenters. The molecule has 0 spiro atoms. The summed E-state index contributed by atoms with van der Waals surface area (Å²) in [5.41, 5.74) is -1.69. The van der Waals surface area contributed by atoms with Crippen molar-refractivity contribution < 1.29 is 37.8 Å². The van der Waals surface area contributed by atoms with Gasteiger partial charge in [-0.2, -0.15) is 13.2 Å². The number of alkyl halides is 3. The van der Waals surface area contributed by atoms with E-state index in [1.165, 1.54) is 17.0 Å². The van der Waals surface area contributed by atoms with Gasteiger partial charge in [-0.1, -0.05) is 12.1 Å². The number of hydrogen-bond donors (Lipinski definition) is 3. The fraction of sp³-hybridized carbons (Fsp3) is 0.421. The molecule has 1 fully saturated rings. The maximum Gasteiger partial charge on any atom is 0.416 e. The maximum atomic E-state index is 13.0. The highest BCUT2D eigenvalue weighted by Gasteiger charge is 2.55. The summed E-state index contributed by atoms with van der Waals surface area (Å²) in [6, 6.07) is 4.03. The Morgan fingerprint density at radius 1 is 1.24 bits per heavy atom. The van der Waals surface area contributed by atoms with Crippen LogP contribution in [0.15, 0.2) is 35.6 Å². The molecule has 0 saturated heterocycles. The molecule has 1 aliphatic carbocycles. The van der Waals surface area contributed by atoms with E-state index in [0.29, 0.717) is 18.4 Å². The number of rotatable bonds is 5. The van der Waals surface area contributed by atoms with Gasteiger partial charge in [0.15, 0.2) is 0 Å². The smallest absolute Gasteiger partial charge is 0.416 e. The molecular formula is C19H19F3N2O5. The van der Waals surface area contributed by atoms with E-state index < -0.39 is 59.0 Å². The molecule has 7 nitrogen and oxygen atoms in total. The Kier molecular flexibility index (Phi) is 5.06. The number of carboxylic acids is 1. The zero-order valence-corrected chi connectivity index (χ0v) is 15.4. The van der Waals surface area contributed by atoms with Gasteiger partial charge in [-0.25, -0.2) is 0 Å². The summed E-state index contributed by atoms with van der Waals surface area (Å²) in [5.74, 6) is -3.53. The van der Waals surface area contributed by atoms with Crippen molar-refractivity contribution in [2.24, 2.45) is 0 Å². The number of halogens is 3. The SMILES string of the molecule is CC1CC(O)=C(C(=O)NCC(=O)O)C(=O)N1C1(c2ccc(C(F)(F)F)cc2)CC1. The first-order chi connectivity index (χ1) is 13.5. The van der Waals surface area contributed by atoms with Gasteiger partial charge in [0.2, 0.25) is 0 Å². The highest BCUT2D eigenvalue weighted by atomic mass is 19.4. The number of aliphatic carboxylic acids is 1. The van der Waals surface area contributed by atoms with Crippen molar-refractivity contribution in [3.63, 3.8) is 0 Å². The Morgan fingerprint density at radius 2 is 1.83 bits per heavy atom. The molecule has 1 saturated carbocycles. The van der Waals surface area contributed by atoms with E-state index in [0.717, 1.165) is 12.1 Å². The van der Waals surface area contributed by atoms with Crippen LogP contribution >= 0.6 is 0 Å². The summed E-state index contributed by atoms with van der Waals surface area (Å²) in [5, 5.41) is 20.9. The molecule has 1 aromatic carbocycles. The summed E-state index contributed by atoms with van der Waals surface area (Å²) in [6.45, 7) is 0.951. The zero-order chi connectivity index (χ0) is 21.6. The number of aliphatic hydroxyl groups excluding tert-OH is 1. The van der Waals surface area contributed by atoms with Crippen molar-refractivity contribution in [3.8, 4) is 0 Å². The average molecular weight is 412 g/mol. The van der Waals surface area contributed by atoms with Crippen LogP contribution in [-0.4, -0.2) is 45.5 Å². The first-order valence-electron chi connectivity index (χ1n) is 8.91. The molecule has 0 aromatic heterocycles. The number of carbonyl (C=O) groups excluding carboxylic acids is 2. The summed E-state index contributed by atoms with van der Waals surface area (Å²) < 4.78 is 38.5. The van der Waals surface area contributed by atoms with Crippen molar-refractivity contribution in [2.75, 3.05) is 6.54 Å². The average Bonchev–Trinajstić information content (AvgIpc) is 3.40. The third-order valence-electron chi connectivity index (χ3n) is 5.21. The van der Waals surface area contributed by atoms with Crippen LogP contribution in [0.3, 0.4) is 0 Å². The highest BCUT2D eigenvalue weighted by Crippen LogP contribution is 2.54. The van der Waals surface area contributed by atoms with Crippen molar-refractivity contribution in [1.82, 2.24) is 10.2 Å². The quantitative estimate of drug-likeness (QED) is 0.644. The topological polar surface area (TPSA) is 107 Å². The second-order valence-electron chi connectivity index (χ2n) is 7.23. The molecule has 29 heavy (non-hydrogen) atoms. The molecule has 2 aliphatic rings. The number of amides is 2. The second kappa shape index (κ2) is 7.09. The standard InChI is InChI=1S/C19H19F3N2O5/c1-10-8-13(25)15(16(28)23-9-14(26)27)17(29)24(10)18(6-7-18)11-2-4-12(5-3-11)19(20,21)22/h2-5,10,25H,6-9H2,1H3,(H,23,28)(H,26,27). The molecule has 1 aliphatic heterocycles. The number of nitrogens with zero attached hydrogens (tertiary/aromatic N) is 1. The van der Waals surface area contributed by atoms with E-state index in [2.05, 4.69) is 5.32 Å². The molecule has 0 bridgehead atoms. The summed E-state index contributed by atoms with van der Waals surface area (Å²) in [6.07, 6.45) is -3.50. The van der Waals surface area contributed by atoms with Crippen molar-refractivity contribution in [1.29, 1.82) is 0 Å². The Morgan fingerprint density at radius 3 is 2.31 bits per heavy atom. The molecular weight excluding hydrogens is 393 g/mol. The fourth-order valence-electron chi connectivity index (χ4n) is 3.76. The van der Waals surface area contributed by atoms with Crippen LogP contribution in [0.2, 0.25) is 0 Å². The van der Waals surface area contributed by atoms with Crippen molar-refractivity contribution in [2.45, 2.75) is 43.9 Å². The third-order valence-corrected chi connectivity index (χ3v) is 5.21. The molecule has 0 radical (unpaired) electrons. The van der Waals surface area contributed by atoms with Gasteiger partial charge in [0.05, 0.1) is 11.1 Å². The van der Waals surface area contributed by atoms with Crippen molar-refractivity contribution in [3.05, 3.63) is 46.7 Å². The first kappa shape index (κ1) is 20.7. The van der Waals surface area contributed by atoms with E-state index in [9.17, 15) is 32.7 Å². The molecule has 10 heteroatoms. The maximum absolute atomic E-state index is 13.0. The van der Waals surface area contributed by atoms with Crippen molar-refractivity contribution >= 4 is 17.8 Å². The normalized spacial score (nSPS) is 21.2. The molecule has 1 heterocycles. The predicted molar refractivity (Wildman–Crippen MR) is 93.6 cm³/mol. The lowest BCUT2D eigenvalue weighted by Crippen LogP contribution is -2.52. The Bertz CT molecular complexity index is 888. The molecule has 156 valence electrons. The van der Waals surface area contributed by atoms with Gasteiger partial charge >= 0.3 is 12.1 Å². The van der Waals surface area contributed by atoms with Gasteiger partial charge in [0.1, 0.15) is 17.9 Å². The van der Waals surface area contributed by atoms with Crippen LogP contribution in [0.5, 0.6) is 0 Å². The summed E-state index contributed by atoms with van der Waals surface area (Å²) in [4.78, 5) is 37.3. The minimum absolute atomic E-state index is 0.0239. The Labute approximate surface area is 163 Å². The van der Waals surface area contributed by atoms with E-state index in [1.807, 2.05) is 0 Å². The second-order valence-corrected chi connectivity index (χ2v) is 7.23. The van der Waals surface area contributed by atoms with Crippen LogP contribution in [-0.2, 0) is 26.1 Å². The minimum Gasteiger partial charge on any atom is -0.511 e. The number of benzene rings is 1. The van der Waals surface area contributed by atoms with Crippen LogP contribution in [0.25, 0.3) is 0 Å². The first-order valence-corrected chi connectivity index (χ1v) is 8.91. The molecule has 1 aromatic rings. The molecule has 3 rings (SSSR count). The monoisotopic (exact) mass is 412 g/mol. The lowest BCUT2D eigenvalue weighted by atomic mass is 9.93. The van der Waals surface area contributed by atoms with Crippen LogP contribution in [0.4, 0.5) is 13.2 Å². The number of carbonyl (C=O) groups is 3. The molecule has 2 amide bonds. The van der Waals surface area contributed by atoms with E-state index in [1.54, 1.807) is 6.92 Å². The van der Waals surface area contributed by atoms with Crippen LogP contribution in [0.1, 0.15) is 37.3 Å². The van der Waals surface area contributed by atoms with Gasteiger partial charge in [0, 0.05) is 12.5 Å². The lowest BCUT2D eigenvalue weighted by Gasteiger charge is -2.40. The highest BCUT2D eigenvalue weighted by molar-refractivity contribution is 6.19. The van der Waals surface area contributed by atoms with Crippen LogP contribution < -0.4 is 5.32 Å². The summed E-state index contributed by atoms with van der Waals surface area (Å²) in [7, 11) is 0. The zero-order valence-electron chi connectivity index (χ0n) is 15.4. The number of aliphatic hydroxyl groups is 1. The predicted octanol–water partition coefficient (Wildman–Crippen LogP) is 2.33. The van der Waals surface area contributed by atoms with Crippen LogP contribution in [0, 0.1) is 0 Å². The van der Waals surface area contributed by atoms with Gasteiger partial charge < -0.3 is 20.4 Å². The fourth-order valence-corrected chi connectivity index (χ4v) is 3.76. The van der Waals surface area contributed by atoms with E-state index in [4.69, 9.17) is 5.11 Å². The van der Waals surface area contributed by atoms with Gasteiger partial charge in [0.25, 0.3) is 11.8 Å².